The molecular formula is C73H117ClF4N12O12. The number of hydrogen-bond donors (Lipinski definition) is 3. The molecule has 0 aromatic rings. The molecule has 4 saturated heterocycles. The lowest BCUT2D eigenvalue weighted by molar-refractivity contribution is -0.182. The van der Waals surface area contributed by atoms with Gasteiger partial charge in [-0.05, 0) is 159 Å². The van der Waals surface area contributed by atoms with Gasteiger partial charge in [-0.25, -0.2) is 4.39 Å². The van der Waals surface area contributed by atoms with E-state index >= 15 is 33.6 Å². The van der Waals surface area contributed by atoms with Gasteiger partial charge in [0.25, 0.3) is 0 Å². The van der Waals surface area contributed by atoms with E-state index in [-0.39, 0.29) is 114 Å². The Labute approximate surface area is 605 Å². The highest BCUT2D eigenvalue weighted by Crippen LogP contribution is 2.44. The van der Waals surface area contributed by atoms with E-state index in [1.807, 2.05) is 27.7 Å². The predicted molar refractivity (Wildman–Crippen MR) is 375 cm³/mol. The van der Waals surface area contributed by atoms with Gasteiger partial charge >= 0.3 is 6.18 Å². The first kappa shape index (κ1) is 82.9. The zero-order chi connectivity index (χ0) is 75.6. The second-order valence-corrected chi connectivity index (χ2v) is 31.9. The van der Waals surface area contributed by atoms with Crippen molar-refractivity contribution in [2.45, 2.75) is 280 Å². The van der Waals surface area contributed by atoms with E-state index in [4.69, 9.17) is 11.6 Å². The van der Waals surface area contributed by atoms with Crippen LogP contribution in [0.2, 0.25) is 0 Å². The summed E-state index contributed by atoms with van der Waals surface area (Å²) < 4.78 is 56.7. The van der Waals surface area contributed by atoms with Crippen LogP contribution < -0.4 is 16.0 Å². The fourth-order valence-electron chi connectivity index (χ4n) is 16.5. The minimum Gasteiger partial charge on any atom is -0.343 e. The Morgan fingerprint density at radius 3 is 1.79 bits per heavy atom. The van der Waals surface area contributed by atoms with Crippen LogP contribution >= 0.6 is 11.6 Å². The molecule has 0 aromatic heterocycles. The third kappa shape index (κ3) is 19.6. The fourth-order valence-corrected chi connectivity index (χ4v) is 17.1. The molecule has 7 fully saturated rings. The first-order valence-corrected chi connectivity index (χ1v) is 38.2. The van der Waals surface area contributed by atoms with Crippen LogP contribution in [-0.2, 0) is 57.5 Å². The molecule has 29 heteroatoms. The lowest BCUT2D eigenvalue weighted by Crippen LogP contribution is -2.65. The van der Waals surface area contributed by atoms with Crippen LogP contribution in [0, 0.1) is 35.5 Å². The Balaban J connectivity index is 1.28. The Kier molecular flexibility index (Phi) is 29.3. The number of alkyl halides is 5. The number of nitrogens with one attached hydrogen (secondary N) is 3. The predicted octanol–water partition coefficient (Wildman–Crippen LogP) is 6.43. The molecule has 0 radical (unpaired) electrons. The molecule has 1 spiro atoms. The quantitative estimate of drug-likeness (QED) is 0.141. The largest absolute Gasteiger partial charge is 0.393 e. The van der Waals surface area contributed by atoms with Crippen LogP contribution in [0.5, 0.6) is 0 Å². The third-order valence-corrected chi connectivity index (χ3v) is 24.4. The molecule has 24 nitrogen and oxygen atoms in total. The van der Waals surface area contributed by atoms with Crippen molar-refractivity contribution in [2.75, 3.05) is 75.0 Å². The monoisotopic (exact) mass is 1460 g/mol. The third-order valence-electron chi connectivity index (χ3n) is 23.9. The molecule has 3 unspecified atom stereocenters. The van der Waals surface area contributed by atoms with E-state index in [1.165, 1.54) is 83.5 Å². The molecule has 7 aliphatic rings. The molecular weight excluding hydrogens is 1350 g/mol. The lowest BCUT2D eigenvalue weighted by atomic mass is 9.78. The molecule has 4 aliphatic heterocycles. The highest BCUT2D eigenvalue weighted by atomic mass is 35.5. The van der Waals surface area contributed by atoms with Crippen LogP contribution in [0.25, 0.3) is 0 Å². The van der Waals surface area contributed by atoms with Gasteiger partial charge in [-0.1, -0.05) is 67.2 Å². The van der Waals surface area contributed by atoms with Crippen molar-refractivity contribution in [2.24, 2.45) is 35.5 Å². The molecule has 0 bridgehead atoms. The number of likely N-dealkylation sites (N-methyl/N-ethyl adjacent to an activating group) is 6. The van der Waals surface area contributed by atoms with Crippen LogP contribution in [0.15, 0.2) is 0 Å². The number of rotatable bonds is 12. The Bertz CT molecular complexity index is 3000. The maximum Gasteiger partial charge on any atom is 0.393 e. The summed E-state index contributed by atoms with van der Waals surface area (Å²) in [6.07, 6.45) is 0.239. The van der Waals surface area contributed by atoms with Crippen LogP contribution in [-0.4, -0.2) is 268 Å². The molecule has 4 heterocycles. The van der Waals surface area contributed by atoms with E-state index in [0.29, 0.717) is 70.9 Å². The summed E-state index contributed by atoms with van der Waals surface area (Å²) in [5.74, 6) is -11.4. The molecule has 0 aromatic carbocycles. The van der Waals surface area contributed by atoms with Gasteiger partial charge in [-0.3, -0.25) is 57.5 Å². The molecule has 7 rings (SSSR count). The highest BCUT2D eigenvalue weighted by molar-refractivity contribution is 6.21. The summed E-state index contributed by atoms with van der Waals surface area (Å²) in [7, 11) is 8.53. The molecule has 3 N–H and O–H groups in total. The van der Waals surface area contributed by atoms with Crippen molar-refractivity contribution in [3.05, 3.63) is 0 Å². The van der Waals surface area contributed by atoms with Gasteiger partial charge in [0.1, 0.15) is 66.1 Å². The maximum atomic E-state index is 15.6. The lowest BCUT2D eigenvalue weighted by Gasteiger charge is -2.45. The topological polar surface area (TPSA) is 270 Å². The van der Waals surface area contributed by atoms with Crippen molar-refractivity contribution in [3.63, 3.8) is 0 Å². The first-order chi connectivity index (χ1) is 48.0. The van der Waals surface area contributed by atoms with Gasteiger partial charge in [-0.15, -0.1) is 11.6 Å². The first-order valence-electron chi connectivity index (χ1n) is 37.7. The average molecular weight is 1470 g/mol. The van der Waals surface area contributed by atoms with Crippen LogP contribution in [0.4, 0.5) is 17.6 Å². The van der Waals surface area contributed by atoms with Crippen molar-refractivity contribution < 1.29 is 75.1 Å². The number of carbonyl (C=O) groups is 12. The minimum absolute atomic E-state index is 0.0206. The molecule has 3 aliphatic carbocycles. The Morgan fingerprint density at radius 2 is 1.22 bits per heavy atom. The average Bonchev–Trinajstić information content (AvgIpc) is 1.39. The zero-order valence-electron chi connectivity index (χ0n) is 62.6. The fraction of sp³-hybridized carbons (Fsp3) is 0.836. The van der Waals surface area contributed by atoms with Gasteiger partial charge in [0.2, 0.25) is 70.9 Å². The minimum atomic E-state index is -4.52. The van der Waals surface area contributed by atoms with E-state index in [9.17, 15) is 41.5 Å². The van der Waals surface area contributed by atoms with E-state index in [2.05, 4.69) is 16.0 Å². The maximum absolute atomic E-state index is 15.6. The zero-order valence-corrected chi connectivity index (χ0v) is 63.4. The number of likely N-dealkylation sites (tertiary alicyclic amines) is 1. The normalized spacial score (nSPS) is 32.1. The van der Waals surface area contributed by atoms with Gasteiger partial charge in [-0.2, -0.15) is 13.2 Å². The highest BCUT2D eigenvalue weighted by Gasteiger charge is 2.53. The second kappa shape index (κ2) is 36.1. The summed E-state index contributed by atoms with van der Waals surface area (Å²) in [6.45, 7) is 12.7. The smallest absolute Gasteiger partial charge is 0.343 e. The molecule has 14 atom stereocenters. The molecule has 3 saturated carbocycles. The van der Waals surface area contributed by atoms with E-state index in [1.54, 1.807) is 18.7 Å². The Hall–Kier alpha value is -6.35. The van der Waals surface area contributed by atoms with E-state index in [0.717, 1.165) is 11.3 Å². The number of hydrogen-bond acceptors (Lipinski definition) is 12. The van der Waals surface area contributed by atoms with Crippen molar-refractivity contribution in [3.8, 4) is 0 Å². The molecule has 12 amide bonds. The summed E-state index contributed by atoms with van der Waals surface area (Å²) in [5.41, 5.74) is -1.58. The number of halogens is 5. The molecule has 576 valence electrons. The summed E-state index contributed by atoms with van der Waals surface area (Å²) in [4.78, 5) is 192. The van der Waals surface area contributed by atoms with Gasteiger partial charge < -0.3 is 60.0 Å². The van der Waals surface area contributed by atoms with Gasteiger partial charge in [0, 0.05) is 73.8 Å². The number of carbonyl (C=O) groups excluding carboxylic acids is 12. The van der Waals surface area contributed by atoms with Crippen molar-refractivity contribution in [1.82, 2.24) is 60.0 Å². The van der Waals surface area contributed by atoms with Crippen LogP contribution in [0.3, 0.4) is 0 Å². The van der Waals surface area contributed by atoms with Crippen molar-refractivity contribution in [1.29, 1.82) is 0 Å². The van der Waals surface area contributed by atoms with Gasteiger partial charge in [0.15, 0.2) is 0 Å². The molecule has 102 heavy (non-hydrogen) atoms. The summed E-state index contributed by atoms with van der Waals surface area (Å²) in [5, 5.41) is 7.55. The van der Waals surface area contributed by atoms with E-state index < -0.39 is 179 Å². The van der Waals surface area contributed by atoms with Crippen LogP contribution in [0.1, 0.15) is 203 Å². The number of amides is 12. The Morgan fingerprint density at radius 1 is 0.598 bits per heavy atom. The summed E-state index contributed by atoms with van der Waals surface area (Å²) in [6, 6.07) is -11.2. The SMILES string of the molecule is CC[C@H](C)[C@@H]1NC(=O)[C@H](CC(C)C)N(C)C(=O)C[C@@H](C(=O)N2CCCCC2)N(C)C(=O)[C@H]([C@@H](C)CC)N(C)C(=O)C2(CCCC2)NC(=O)[C@@H]2CCCN2C(=O)[C@H](CCC2CCC(C(F)(F)F)C(Cl)C2)NC(=O)CN(C)C(=O)[C@H](CC2CCC(F)CC2)N(C)C(=O)[C@@H]2CCN2C(=O)[C@H](C)N(C)C1=O. The number of fused-ring (bicyclic) bond motifs is 2. The number of nitrogens with zero attached hydrogens (tertiary/aromatic N) is 9. The van der Waals surface area contributed by atoms with Gasteiger partial charge in [0.05, 0.1) is 18.9 Å². The summed E-state index contributed by atoms with van der Waals surface area (Å²) >= 11 is 6.40. The van der Waals surface area contributed by atoms with Crippen molar-refractivity contribution >= 4 is 82.5 Å². The number of piperidine rings is 1. The standard InChI is InChI=1S/C73H117ClF4N12O12/c1-14-44(5)60-69(100)83(9)46(7)64(95)90-37-31-54(90)67(98)85(11)56(40-48-23-27-49(75)28-24-48)66(97)82(8)42-58(91)79-52(30-26-47-25-29-50(51(74)39-47)73(76,77)78)65(96)89-36-21-22-53(89)63(94)81-72(32-17-18-33-72)71(102)87(13)61(45(6)15-2)70(101)86(12)57(68(99)88-34-19-16-20-35-88)41-59(92)84(10)55(38-43(3)4)62(93)80-60/h43-57,60-61H,14-42H2,1-13H3,(H,79,91)(H,80,93)(H,81,94)/t44-,45-,46-,47?,48?,49?,50?,51?,52-,53-,54-,55-,56-,57-,60-,61-/m0/s1. The second-order valence-electron chi connectivity index (χ2n) is 31.3.